The molecule has 44 heavy (non-hydrogen) atoms. The maximum atomic E-state index is 13.3. The molecule has 230 valence electrons. The van der Waals surface area contributed by atoms with Crippen molar-refractivity contribution < 1.29 is 27.9 Å². The summed E-state index contributed by atoms with van der Waals surface area (Å²) >= 11 is 7.43. The van der Waals surface area contributed by atoms with E-state index in [-0.39, 0.29) is 27.5 Å². The minimum atomic E-state index is -3.50. The molecule has 0 aliphatic rings. The molecule has 4 aromatic rings. The zero-order chi connectivity index (χ0) is 31.9. The maximum absolute atomic E-state index is 13.3. The lowest BCUT2D eigenvalue weighted by atomic mass is 9.93. The number of amides is 1. The molecule has 0 aliphatic carbocycles. The summed E-state index contributed by atoms with van der Waals surface area (Å²) < 4.78 is 30.9. The largest absolute Gasteiger partial charge is 0.480 e. The fourth-order valence-corrected chi connectivity index (χ4v) is 6.55. The van der Waals surface area contributed by atoms with Crippen LogP contribution in [0.1, 0.15) is 59.4 Å². The molecule has 0 saturated heterocycles. The number of thiazole rings is 1. The molecule has 0 radical (unpaired) electrons. The first-order valence-electron chi connectivity index (χ1n) is 13.8. The van der Waals surface area contributed by atoms with Gasteiger partial charge in [0.25, 0.3) is 5.91 Å². The summed E-state index contributed by atoms with van der Waals surface area (Å²) in [6.07, 6.45) is 4.54. The Bertz CT molecular complexity index is 1770. The van der Waals surface area contributed by atoms with E-state index in [2.05, 4.69) is 31.1 Å². The molecular formula is C33H33ClN2O6S2. The molecule has 2 N–H and O–H groups in total. The summed E-state index contributed by atoms with van der Waals surface area (Å²) in [4.78, 5) is 29.3. The number of aryl methyl sites for hydroxylation is 1. The minimum Gasteiger partial charge on any atom is -0.480 e. The molecule has 1 aromatic heterocycles. The molecule has 4 rings (SSSR count). The second-order valence-electron chi connectivity index (χ2n) is 11.1. The van der Waals surface area contributed by atoms with E-state index in [0.717, 1.165) is 21.8 Å². The second-order valence-corrected chi connectivity index (χ2v) is 14.6. The number of carboxylic acid groups (broad SMARTS) is 1. The van der Waals surface area contributed by atoms with E-state index in [1.807, 2.05) is 23.6 Å². The van der Waals surface area contributed by atoms with Crippen molar-refractivity contribution >= 4 is 62.5 Å². The average molecular weight is 653 g/mol. The SMILES string of the molecule is CC(C)(C)c1csc(C=Cc2cccc(C(=O)Nc3cc(CCCS(=O)(=O)c4ccc(Cl)cc4)ccc3OCC(=O)O)c2)n1. The number of halogens is 1. The lowest BCUT2D eigenvalue weighted by Gasteiger charge is -2.14. The summed E-state index contributed by atoms with van der Waals surface area (Å²) in [6, 6.07) is 18.1. The van der Waals surface area contributed by atoms with Crippen LogP contribution in [-0.4, -0.2) is 42.7 Å². The third-order valence-electron chi connectivity index (χ3n) is 6.55. The Balaban J connectivity index is 1.47. The van der Waals surface area contributed by atoms with Crippen LogP contribution < -0.4 is 10.1 Å². The minimum absolute atomic E-state index is 0.0416. The van der Waals surface area contributed by atoms with Gasteiger partial charge < -0.3 is 15.2 Å². The molecule has 0 bridgehead atoms. The summed E-state index contributed by atoms with van der Waals surface area (Å²) in [5, 5.41) is 15.3. The van der Waals surface area contributed by atoms with Crippen molar-refractivity contribution in [2.24, 2.45) is 0 Å². The summed E-state index contributed by atoms with van der Waals surface area (Å²) in [5.41, 5.74) is 3.21. The van der Waals surface area contributed by atoms with Crippen molar-refractivity contribution in [2.75, 3.05) is 17.7 Å². The van der Waals surface area contributed by atoms with E-state index in [4.69, 9.17) is 21.4 Å². The number of aromatic nitrogens is 1. The highest BCUT2D eigenvalue weighted by Gasteiger charge is 2.18. The van der Waals surface area contributed by atoms with Crippen molar-refractivity contribution in [2.45, 2.75) is 43.9 Å². The lowest BCUT2D eigenvalue weighted by molar-refractivity contribution is -0.139. The first kappa shape index (κ1) is 32.9. The molecule has 0 saturated carbocycles. The van der Waals surface area contributed by atoms with Crippen LogP contribution in [0.15, 0.2) is 77.0 Å². The van der Waals surface area contributed by atoms with Crippen molar-refractivity contribution in [1.82, 2.24) is 4.98 Å². The van der Waals surface area contributed by atoms with Gasteiger partial charge in [0.1, 0.15) is 10.8 Å². The standard InChI is InChI=1S/C33H33ClN2O6S2/c1-33(2,3)29-21-43-30(36-29)16-10-22-6-4-8-24(18-22)32(39)35-27-19-23(9-15-28(27)42-20-31(37)38)7-5-17-44(40,41)26-13-11-25(34)12-14-26/h4,6,8-16,18-19,21H,5,7,17,20H2,1-3H3,(H,35,39)(H,37,38). The van der Waals surface area contributed by atoms with Gasteiger partial charge in [-0.05, 0) is 78.6 Å². The molecule has 11 heteroatoms. The third-order valence-corrected chi connectivity index (χ3v) is 9.43. The van der Waals surface area contributed by atoms with E-state index < -0.39 is 28.3 Å². The van der Waals surface area contributed by atoms with Crippen molar-refractivity contribution in [1.29, 1.82) is 0 Å². The summed E-state index contributed by atoms with van der Waals surface area (Å²) in [6.45, 7) is 5.74. The number of nitrogens with zero attached hydrogens (tertiary/aromatic N) is 1. The molecule has 8 nitrogen and oxygen atoms in total. The number of sulfone groups is 1. The molecule has 1 heterocycles. The van der Waals surface area contributed by atoms with E-state index >= 15 is 0 Å². The Morgan fingerprint density at radius 3 is 2.48 bits per heavy atom. The van der Waals surface area contributed by atoms with Gasteiger partial charge >= 0.3 is 5.97 Å². The smallest absolute Gasteiger partial charge is 0.341 e. The van der Waals surface area contributed by atoms with Crippen LogP contribution in [0.4, 0.5) is 5.69 Å². The Kier molecular flexibility index (Phi) is 10.6. The number of hydrogen-bond donors (Lipinski definition) is 2. The monoisotopic (exact) mass is 652 g/mol. The number of ether oxygens (including phenoxy) is 1. The molecule has 3 aromatic carbocycles. The van der Waals surface area contributed by atoms with Crippen molar-refractivity contribution in [3.63, 3.8) is 0 Å². The number of carbonyl (C=O) groups is 2. The summed E-state index contributed by atoms with van der Waals surface area (Å²) in [7, 11) is -3.50. The Hall–Kier alpha value is -3.99. The topological polar surface area (TPSA) is 123 Å². The first-order chi connectivity index (χ1) is 20.8. The fraction of sp³-hybridized carbons (Fsp3) is 0.242. The number of carbonyl (C=O) groups excluding carboxylic acids is 1. The van der Waals surface area contributed by atoms with Crippen LogP contribution in [-0.2, 0) is 26.5 Å². The van der Waals surface area contributed by atoms with Gasteiger partial charge in [-0.2, -0.15) is 0 Å². The Morgan fingerprint density at radius 2 is 1.80 bits per heavy atom. The van der Waals surface area contributed by atoms with E-state index in [9.17, 15) is 18.0 Å². The summed E-state index contributed by atoms with van der Waals surface area (Å²) in [5.74, 6) is -1.46. The molecule has 0 spiro atoms. The zero-order valence-corrected chi connectivity index (χ0v) is 26.9. The van der Waals surface area contributed by atoms with Crippen molar-refractivity contribution in [3.05, 3.63) is 105 Å². The zero-order valence-electron chi connectivity index (χ0n) is 24.5. The predicted molar refractivity (Wildman–Crippen MR) is 176 cm³/mol. The number of benzene rings is 3. The van der Waals surface area contributed by atoms with Gasteiger partial charge in [0, 0.05) is 21.4 Å². The Morgan fingerprint density at radius 1 is 1.05 bits per heavy atom. The van der Waals surface area contributed by atoms with Gasteiger partial charge in [-0.3, -0.25) is 4.79 Å². The van der Waals surface area contributed by atoms with Gasteiger partial charge in [-0.25, -0.2) is 18.2 Å². The number of aliphatic carboxylic acids is 1. The average Bonchev–Trinajstić information content (AvgIpc) is 3.46. The number of rotatable bonds is 12. The highest BCUT2D eigenvalue weighted by atomic mass is 35.5. The maximum Gasteiger partial charge on any atom is 0.341 e. The van der Waals surface area contributed by atoms with Crippen LogP contribution in [0.25, 0.3) is 12.2 Å². The fourth-order valence-electron chi connectivity index (χ4n) is 4.18. The Labute approximate surface area is 266 Å². The lowest BCUT2D eigenvalue weighted by Crippen LogP contribution is -2.15. The van der Waals surface area contributed by atoms with Gasteiger partial charge in [0.2, 0.25) is 0 Å². The first-order valence-corrected chi connectivity index (χ1v) is 16.7. The highest BCUT2D eigenvalue weighted by Crippen LogP contribution is 2.28. The molecule has 1 amide bonds. The van der Waals surface area contributed by atoms with Crippen LogP contribution in [0.3, 0.4) is 0 Å². The number of nitrogens with one attached hydrogen (secondary N) is 1. The third kappa shape index (κ3) is 9.25. The number of carboxylic acids is 1. The van der Waals surface area contributed by atoms with Gasteiger partial charge in [0.15, 0.2) is 16.4 Å². The molecule has 0 atom stereocenters. The quantitative estimate of drug-likeness (QED) is 0.164. The number of anilines is 1. The van der Waals surface area contributed by atoms with Crippen LogP contribution in [0.5, 0.6) is 5.75 Å². The normalized spacial score (nSPS) is 11.9. The number of hydrogen-bond acceptors (Lipinski definition) is 7. The van der Waals surface area contributed by atoms with Crippen LogP contribution in [0, 0.1) is 0 Å². The molecule has 0 fully saturated rings. The van der Waals surface area contributed by atoms with E-state index in [1.165, 1.54) is 24.3 Å². The molecular weight excluding hydrogens is 620 g/mol. The van der Waals surface area contributed by atoms with E-state index in [0.29, 0.717) is 23.4 Å². The predicted octanol–water partition coefficient (Wildman–Crippen LogP) is 7.39. The molecule has 0 aliphatic heterocycles. The second kappa shape index (κ2) is 14.2. The van der Waals surface area contributed by atoms with Gasteiger partial charge in [-0.15, -0.1) is 11.3 Å². The van der Waals surface area contributed by atoms with Gasteiger partial charge in [-0.1, -0.05) is 56.6 Å². The highest BCUT2D eigenvalue weighted by molar-refractivity contribution is 7.91. The van der Waals surface area contributed by atoms with Crippen LogP contribution >= 0.6 is 22.9 Å². The van der Waals surface area contributed by atoms with Crippen molar-refractivity contribution in [3.8, 4) is 5.75 Å². The molecule has 0 unspecified atom stereocenters. The van der Waals surface area contributed by atoms with Crippen LogP contribution in [0.2, 0.25) is 5.02 Å². The van der Waals surface area contributed by atoms with E-state index in [1.54, 1.807) is 47.7 Å². The van der Waals surface area contributed by atoms with Gasteiger partial charge in [0.05, 0.1) is 22.0 Å².